The molecule has 0 unspecified atom stereocenters. The highest BCUT2D eigenvalue weighted by Crippen LogP contribution is 2.25. The molecule has 96 valence electrons. The SMILES string of the molecule is Cc1nc2ccc(C(C)(C)CNC(=O)Cl)cc2[nH]1. The first kappa shape index (κ1) is 12.9. The average Bonchev–Trinajstić information content (AvgIpc) is 2.65. The molecule has 0 radical (unpaired) electrons. The Balaban J connectivity index is 2.31. The van der Waals surface area contributed by atoms with E-state index in [1.807, 2.05) is 19.1 Å². The molecule has 5 heteroatoms. The van der Waals surface area contributed by atoms with Crippen LogP contribution in [0.15, 0.2) is 18.2 Å². The normalized spacial score (nSPS) is 11.8. The molecule has 0 fully saturated rings. The first-order chi connectivity index (χ1) is 8.38. The maximum absolute atomic E-state index is 10.8. The number of H-pyrrole nitrogens is 1. The maximum atomic E-state index is 10.8. The second-order valence-corrected chi connectivity index (χ2v) is 5.41. The number of hydrogen-bond donors (Lipinski definition) is 2. The Morgan fingerprint density at radius 3 is 2.89 bits per heavy atom. The number of hydrogen-bond acceptors (Lipinski definition) is 2. The van der Waals surface area contributed by atoms with Gasteiger partial charge in [0, 0.05) is 12.0 Å². The van der Waals surface area contributed by atoms with Gasteiger partial charge in [-0.05, 0) is 36.2 Å². The third-order valence-electron chi connectivity index (χ3n) is 3.05. The smallest absolute Gasteiger partial charge is 0.313 e. The van der Waals surface area contributed by atoms with Crippen molar-refractivity contribution in [2.45, 2.75) is 26.2 Å². The van der Waals surface area contributed by atoms with Crippen molar-refractivity contribution in [2.75, 3.05) is 6.54 Å². The summed E-state index contributed by atoms with van der Waals surface area (Å²) in [6, 6.07) is 6.08. The van der Waals surface area contributed by atoms with Crippen LogP contribution in [0.2, 0.25) is 0 Å². The van der Waals surface area contributed by atoms with Crippen molar-refractivity contribution >= 4 is 28.0 Å². The van der Waals surface area contributed by atoms with Gasteiger partial charge in [-0.3, -0.25) is 4.79 Å². The van der Waals surface area contributed by atoms with E-state index < -0.39 is 5.37 Å². The second-order valence-electron chi connectivity index (χ2n) is 5.07. The van der Waals surface area contributed by atoms with Crippen LogP contribution in [-0.2, 0) is 5.41 Å². The molecule has 0 saturated carbocycles. The Morgan fingerprint density at radius 1 is 1.50 bits per heavy atom. The molecule has 2 aromatic rings. The van der Waals surface area contributed by atoms with Crippen LogP contribution in [0.4, 0.5) is 4.79 Å². The summed E-state index contributed by atoms with van der Waals surface area (Å²) in [7, 11) is 0. The van der Waals surface area contributed by atoms with Crippen LogP contribution in [0, 0.1) is 6.92 Å². The van der Waals surface area contributed by atoms with Crippen LogP contribution in [0.3, 0.4) is 0 Å². The molecule has 1 amide bonds. The summed E-state index contributed by atoms with van der Waals surface area (Å²) < 4.78 is 0. The van der Waals surface area contributed by atoms with Crippen LogP contribution < -0.4 is 5.32 Å². The number of carbonyl (C=O) groups is 1. The third kappa shape index (κ3) is 2.64. The minimum absolute atomic E-state index is 0.183. The fourth-order valence-electron chi connectivity index (χ4n) is 1.95. The fourth-order valence-corrected chi connectivity index (χ4v) is 2.02. The molecule has 2 N–H and O–H groups in total. The van der Waals surface area contributed by atoms with E-state index >= 15 is 0 Å². The van der Waals surface area contributed by atoms with Crippen molar-refractivity contribution < 1.29 is 4.79 Å². The number of benzene rings is 1. The van der Waals surface area contributed by atoms with Gasteiger partial charge >= 0.3 is 5.37 Å². The van der Waals surface area contributed by atoms with E-state index in [1.54, 1.807) is 0 Å². The second kappa shape index (κ2) is 4.61. The van der Waals surface area contributed by atoms with E-state index in [0.717, 1.165) is 22.4 Å². The number of imidazole rings is 1. The van der Waals surface area contributed by atoms with Crippen molar-refractivity contribution in [2.24, 2.45) is 0 Å². The first-order valence-corrected chi connectivity index (χ1v) is 6.16. The number of aromatic amines is 1. The van der Waals surface area contributed by atoms with Gasteiger partial charge in [0.2, 0.25) is 0 Å². The zero-order valence-corrected chi connectivity index (χ0v) is 11.4. The Morgan fingerprint density at radius 2 is 2.22 bits per heavy atom. The van der Waals surface area contributed by atoms with Gasteiger partial charge in [-0.25, -0.2) is 4.98 Å². The number of halogens is 1. The molecule has 0 aliphatic carbocycles. The molecule has 1 aromatic carbocycles. The lowest BCUT2D eigenvalue weighted by atomic mass is 9.84. The molecule has 0 aliphatic rings. The lowest BCUT2D eigenvalue weighted by Gasteiger charge is -2.25. The zero-order chi connectivity index (χ0) is 13.3. The van der Waals surface area contributed by atoms with Crippen molar-refractivity contribution in [1.29, 1.82) is 0 Å². The molecule has 2 rings (SSSR count). The predicted molar refractivity (Wildman–Crippen MR) is 73.1 cm³/mol. The monoisotopic (exact) mass is 265 g/mol. The summed E-state index contributed by atoms with van der Waals surface area (Å²) in [5.41, 5.74) is 2.91. The summed E-state index contributed by atoms with van der Waals surface area (Å²) in [4.78, 5) is 18.4. The van der Waals surface area contributed by atoms with Crippen molar-refractivity contribution in [1.82, 2.24) is 15.3 Å². The number of nitrogens with zero attached hydrogens (tertiary/aromatic N) is 1. The summed E-state index contributed by atoms with van der Waals surface area (Å²) in [5, 5.41) is 2.11. The molecular formula is C13H16ClN3O. The minimum atomic E-state index is -0.526. The molecular weight excluding hydrogens is 250 g/mol. The number of aromatic nitrogens is 2. The van der Waals surface area contributed by atoms with Crippen molar-refractivity contribution in [3.63, 3.8) is 0 Å². The van der Waals surface area contributed by atoms with Crippen molar-refractivity contribution in [3.8, 4) is 0 Å². The first-order valence-electron chi connectivity index (χ1n) is 5.79. The molecule has 0 saturated heterocycles. The molecule has 4 nitrogen and oxygen atoms in total. The van der Waals surface area contributed by atoms with Gasteiger partial charge < -0.3 is 10.3 Å². The highest BCUT2D eigenvalue weighted by atomic mass is 35.5. The quantitative estimate of drug-likeness (QED) is 0.662. The molecule has 0 spiro atoms. The Kier molecular flexibility index (Phi) is 3.30. The van der Waals surface area contributed by atoms with Crippen molar-refractivity contribution in [3.05, 3.63) is 29.6 Å². The third-order valence-corrected chi connectivity index (χ3v) is 3.18. The molecule has 0 bridgehead atoms. The van der Waals surface area contributed by atoms with E-state index in [-0.39, 0.29) is 5.41 Å². The topological polar surface area (TPSA) is 57.8 Å². The zero-order valence-electron chi connectivity index (χ0n) is 10.7. The van der Waals surface area contributed by atoms with E-state index in [0.29, 0.717) is 6.54 Å². The fraction of sp³-hybridized carbons (Fsp3) is 0.385. The Hall–Kier alpha value is -1.55. The number of amides is 1. The number of aryl methyl sites for hydroxylation is 1. The number of carbonyl (C=O) groups excluding carboxylic acids is 1. The average molecular weight is 266 g/mol. The maximum Gasteiger partial charge on any atom is 0.313 e. The lowest BCUT2D eigenvalue weighted by molar-refractivity contribution is 0.257. The van der Waals surface area contributed by atoms with Gasteiger partial charge in [0.05, 0.1) is 11.0 Å². The number of rotatable bonds is 3. The molecule has 0 aliphatic heterocycles. The molecule has 1 heterocycles. The van der Waals surface area contributed by atoms with Gasteiger partial charge in [-0.15, -0.1) is 0 Å². The highest BCUT2D eigenvalue weighted by molar-refractivity contribution is 6.62. The molecule has 1 aromatic heterocycles. The van der Waals surface area contributed by atoms with E-state index in [1.165, 1.54) is 0 Å². The number of nitrogens with one attached hydrogen (secondary N) is 2. The van der Waals surface area contributed by atoms with Gasteiger partial charge in [0.25, 0.3) is 0 Å². The summed E-state index contributed by atoms with van der Waals surface area (Å²) >= 11 is 5.30. The van der Waals surface area contributed by atoms with Crippen LogP contribution in [0.25, 0.3) is 11.0 Å². The van der Waals surface area contributed by atoms with Gasteiger partial charge in [0.15, 0.2) is 0 Å². The van der Waals surface area contributed by atoms with Crippen LogP contribution in [-0.4, -0.2) is 21.9 Å². The summed E-state index contributed by atoms with van der Waals surface area (Å²) in [5.74, 6) is 0.897. The van der Waals surface area contributed by atoms with E-state index in [9.17, 15) is 4.79 Å². The molecule has 0 atom stereocenters. The Bertz CT molecular complexity index is 589. The van der Waals surface area contributed by atoms with Gasteiger partial charge in [-0.2, -0.15) is 0 Å². The van der Waals surface area contributed by atoms with E-state index in [2.05, 4.69) is 35.2 Å². The van der Waals surface area contributed by atoms with Gasteiger partial charge in [-0.1, -0.05) is 19.9 Å². The van der Waals surface area contributed by atoms with Gasteiger partial charge in [0.1, 0.15) is 5.82 Å². The Labute approximate surface area is 111 Å². The lowest BCUT2D eigenvalue weighted by Crippen LogP contribution is -2.34. The summed E-state index contributed by atoms with van der Waals surface area (Å²) in [6.07, 6.45) is 0. The predicted octanol–water partition coefficient (Wildman–Crippen LogP) is 3.10. The number of fused-ring (bicyclic) bond motifs is 1. The molecule has 18 heavy (non-hydrogen) atoms. The van der Waals surface area contributed by atoms with Crippen LogP contribution in [0.1, 0.15) is 25.2 Å². The van der Waals surface area contributed by atoms with Crippen LogP contribution >= 0.6 is 11.6 Å². The van der Waals surface area contributed by atoms with E-state index in [4.69, 9.17) is 11.6 Å². The standard InChI is InChI=1S/C13H16ClN3O/c1-8-16-10-5-4-9(6-11(10)17-8)13(2,3)7-15-12(14)18/h4-6H,7H2,1-3H3,(H,15,18)(H,16,17). The highest BCUT2D eigenvalue weighted by Gasteiger charge is 2.21. The minimum Gasteiger partial charge on any atom is -0.342 e. The largest absolute Gasteiger partial charge is 0.342 e. The summed E-state index contributed by atoms with van der Waals surface area (Å²) in [6.45, 7) is 6.54. The van der Waals surface area contributed by atoms with Crippen LogP contribution in [0.5, 0.6) is 0 Å².